The fourth-order valence-corrected chi connectivity index (χ4v) is 6.24. The highest BCUT2D eigenvalue weighted by atomic mass is 32.2. The Hall–Kier alpha value is -1.75. The van der Waals surface area contributed by atoms with Crippen molar-refractivity contribution in [2.75, 3.05) is 12.3 Å². The number of rotatable bonds is 7. The topological polar surface area (TPSA) is 75.3 Å². The van der Waals surface area contributed by atoms with Gasteiger partial charge in [-0.2, -0.15) is 13.2 Å². The number of alkyl halides is 5. The highest BCUT2D eigenvalue weighted by molar-refractivity contribution is 7.91. The average molecular weight is 497 g/mol. The maximum atomic E-state index is 13.2. The van der Waals surface area contributed by atoms with Gasteiger partial charge < -0.3 is 10.6 Å². The van der Waals surface area contributed by atoms with Gasteiger partial charge >= 0.3 is 6.18 Å². The number of halogens is 5. The largest absolute Gasteiger partial charge is 0.416 e. The van der Waals surface area contributed by atoms with Crippen molar-refractivity contribution in [2.45, 2.75) is 80.4 Å². The number of hydrogen-bond donors (Lipinski definition) is 2. The van der Waals surface area contributed by atoms with E-state index in [1.165, 1.54) is 6.07 Å². The predicted molar refractivity (Wildman–Crippen MR) is 113 cm³/mol. The molecule has 0 saturated heterocycles. The zero-order chi connectivity index (χ0) is 24.3. The standard InChI is InChI=1S/C22H29F5N2O3S/c23-21(24)10-8-17(9-11-21)28-13-20(30)29-18-6-4-15(5-7-18)14-33(31,32)19-3-1-2-16(12-19)22(25,26)27/h1-3,12,15,17-18,28H,4-11,13-14H2,(H,29,30)/t15-,18-. The lowest BCUT2D eigenvalue weighted by Gasteiger charge is -2.30. The van der Waals surface area contributed by atoms with Gasteiger partial charge in [-0.05, 0) is 62.6 Å². The SMILES string of the molecule is O=C(CNC1CCC(F)(F)CC1)N[C@H]1CC[C@H](CS(=O)(=O)c2cccc(C(F)(F)F)c2)CC1. The molecule has 5 nitrogen and oxygen atoms in total. The third-order valence-electron chi connectivity index (χ3n) is 6.46. The molecular weight excluding hydrogens is 467 g/mol. The number of amides is 1. The van der Waals surface area contributed by atoms with Crippen LogP contribution in [-0.2, 0) is 20.8 Å². The van der Waals surface area contributed by atoms with E-state index in [0.29, 0.717) is 44.6 Å². The highest BCUT2D eigenvalue weighted by Crippen LogP contribution is 2.34. The second-order valence-corrected chi connectivity index (χ2v) is 11.1. The molecule has 0 radical (unpaired) electrons. The van der Waals surface area contributed by atoms with Gasteiger partial charge in [0.2, 0.25) is 11.8 Å². The number of benzene rings is 1. The number of sulfone groups is 1. The summed E-state index contributed by atoms with van der Waals surface area (Å²) in [5, 5.41) is 5.91. The molecule has 33 heavy (non-hydrogen) atoms. The molecule has 1 aromatic carbocycles. The fourth-order valence-electron chi connectivity index (χ4n) is 4.51. The van der Waals surface area contributed by atoms with Gasteiger partial charge in [0.25, 0.3) is 0 Å². The van der Waals surface area contributed by atoms with E-state index < -0.39 is 27.5 Å². The fraction of sp³-hybridized carbons (Fsp3) is 0.682. The molecule has 0 unspecified atom stereocenters. The second kappa shape index (κ2) is 10.2. The number of nitrogens with one attached hydrogen (secondary N) is 2. The van der Waals surface area contributed by atoms with Gasteiger partial charge in [0, 0.05) is 24.9 Å². The number of carbonyl (C=O) groups is 1. The van der Waals surface area contributed by atoms with Gasteiger partial charge in [0.15, 0.2) is 9.84 Å². The van der Waals surface area contributed by atoms with Crippen LogP contribution in [0.15, 0.2) is 29.2 Å². The Kier molecular flexibility index (Phi) is 8.03. The van der Waals surface area contributed by atoms with E-state index in [1.54, 1.807) is 0 Å². The van der Waals surface area contributed by atoms with Crippen LogP contribution in [0.2, 0.25) is 0 Å². The van der Waals surface area contributed by atoms with Crippen molar-refractivity contribution in [3.8, 4) is 0 Å². The average Bonchev–Trinajstić information content (AvgIpc) is 2.74. The van der Waals surface area contributed by atoms with Gasteiger partial charge in [-0.1, -0.05) is 6.07 Å². The monoisotopic (exact) mass is 496 g/mol. The molecule has 0 aliphatic heterocycles. The Morgan fingerprint density at radius 2 is 1.64 bits per heavy atom. The lowest BCUT2D eigenvalue weighted by molar-refractivity contribution is -0.137. The highest BCUT2D eigenvalue weighted by Gasteiger charge is 2.35. The van der Waals surface area contributed by atoms with E-state index in [4.69, 9.17) is 0 Å². The molecule has 0 aromatic heterocycles. The van der Waals surface area contributed by atoms with Crippen LogP contribution >= 0.6 is 0 Å². The predicted octanol–water partition coefficient (Wildman–Crippen LogP) is 4.32. The van der Waals surface area contributed by atoms with Crippen molar-refractivity contribution in [1.82, 2.24) is 10.6 Å². The molecule has 1 amide bonds. The molecule has 2 aliphatic rings. The van der Waals surface area contributed by atoms with E-state index >= 15 is 0 Å². The van der Waals surface area contributed by atoms with Crippen LogP contribution in [0.5, 0.6) is 0 Å². The Labute approximate surface area is 190 Å². The Morgan fingerprint density at radius 1 is 1.00 bits per heavy atom. The third kappa shape index (κ3) is 7.63. The quantitative estimate of drug-likeness (QED) is 0.552. The summed E-state index contributed by atoms with van der Waals surface area (Å²) in [7, 11) is -3.86. The first-order chi connectivity index (χ1) is 15.3. The summed E-state index contributed by atoms with van der Waals surface area (Å²) in [6.07, 6.45) is -2.10. The van der Waals surface area contributed by atoms with Crippen LogP contribution in [0.1, 0.15) is 56.9 Å². The molecule has 3 rings (SSSR count). The molecule has 186 valence electrons. The van der Waals surface area contributed by atoms with Gasteiger partial charge in [0.05, 0.1) is 22.8 Å². The molecule has 0 spiro atoms. The zero-order valence-corrected chi connectivity index (χ0v) is 19.0. The van der Waals surface area contributed by atoms with Crippen molar-refractivity contribution >= 4 is 15.7 Å². The van der Waals surface area contributed by atoms with E-state index in [2.05, 4.69) is 10.6 Å². The molecular formula is C22H29F5N2O3S. The van der Waals surface area contributed by atoms with Crippen molar-refractivity contribution in [1.29, 1.82) is 0 Å². The van der Waals surface area contributed by atoms with Crippen LogP contribution < -0.4 is 10.6 Å². The normalized spacial score (nSPS) is 24.4. The molecule has 2 N–H and O–H groups in total. The van der Waals surface area contributed by atoms with E-state index in [-0.39, 0.29) is 53.9 Å². The molecule has 0 bridgehead atoms. The lowest BCUT2D eigenvalue weighted by Crippen LogP contribution is -2.46. The first-order valence-electron chi connectivity index (χ1n) is 11.1. The maximum absolute atomic E-state index is 13.2. The lowest BCUT2D eigenvalue weighted by atomic mass is 9.87. The van der Waals surface area contributed by atoms with Crippen molar-refractivity contribution in [3.63, 3.8) is 0 Å². The molecule has 2 aliphatic carbocycles. The minimum atomic E-state index is -4.61. The number of carbonyl (C=O) groups excluding carboxylic acids is 1. The Balaban J connectivity index is 1.42. The van der Waals surface area contributed by atoms with E-state index in [0.717, 1.165) is 12.1 Å². The Morgan fingerprint density at radius 3 is 2.24 bits per heavy atom. The third-order valence-corrected chi connectivity index (χ3v) is 8.34. The smallest absolute Gasteiger partial charge is 0.352 e. The van der Waals surface area contributed by atoms with Crippen molar-refractivity contribution in [3.05, 3.63) is 29.8 Å². The van der Waals surface area contributed by atoms with Crippen LogP contribution in [-0.4, -0.2) is 44.6 Å². The van der Waals surface area contributed by atoms with Crippen LogP contribution in [0.4, 0.5) is 22.0 Å². The molecule has 11 heteroatoms. The summed E-state index contributed by atoms with van der Waals surface area (Å²) >= 11 is 0. The first-order valence-corrected chi connectivity index (χ1v) is 12.8. The summed E-state index contributed by atoms with van der Waals surface area (Å²) in [5.74, 6) is -3.27. The van der Waals surface area contributed by atoms with E-state index in [9.17, 15) is 35.2 Å². The van der Waals surface area contributed by atoms with Crippen LogP contribution in [0.25, 0.3) is 0 Å². The minimum Gasteiger partial charge on any atom is -0.352 e. The minimum absolute atomic E-state index is 0.0418. The van der Waals surface area contributed by atoms with Gasteiger partial charge in [-0.25, -0.2) is 17.2 Å². The van der Waals surface area contributed by atoms with Gasteiger partial charge in [-0.3, -0.25) is 4.79 Å². The number of hydrogen-bond acceptors (Lipinski definition) is 4. The van der Waals surface area contributed by atoms with Crippen molar-refractivity contribution < 1.29 is 35.2 Å². The summed E-state index contributed by atoms with van der Waals surface area (Å²) in [6, 6.07) is 3.56. The summed E-state index contributed by atoms with van der Waals surface area (Å²) < 4.78 is 90.3. The second-order valence-electron chi connectivity index (χ2n) is 9.10. The molecule has 1 aromatic rings. The molecule has 2 saturated carbocycles. The van der Waals surface area contributed by atoms with Crippen molar-refractivity contribution in [2.24, 2.45) is 5.92 Å². The molecule has 0 atom stereocenters. The van der Waals surface area contributed by atoms with Crippen LogP contribution in [0.3, 0.4) is 0 Å². The van der Waals surface area contributed by atoms with Gasteiger partial charge in [0.1, 0.15) is 0 Å². The van der Waals surface area contributed by atoms with E-state index in [1.807, 2.05) is 0 Å². The summed E-state index contributed by atoms with van der Waals surface area (Å²) in [5.41, 5.74) is -0.995. The van der Waals surface area contributed by atoms with Crippen LogP contribution in [0, 0.1) is 5.92 Å². The zero-order valence-electron chi connectivity index (χ0n) is 18.1. The van der Waals surface area contributed by atoms with Gasteiger partial charge in [-0.15, -0.1) is 0 Å². The maximum Gasteiger partial charge on any atom is 0.416 e. The Bertz CT molecular complexity index is 918. The first kappa shape index (κ1) is 25.9. The molecule has 2 fully saturated rings. The summed E-state index contributed by atoms with van der Waals surface area (Å²) in [4.78, 5) is 11.8. The molecule has 0 heterocycles. The summed E-state index contributed by atoms with van der Waals surface area (Å²) in [6.45, 7) is 0.0418.